The second-order valence-corrected chi connectivity index (χ2v) is 90.2. The minimum absolute atomic E-state index is 0.0353. The molecule has 2 aromatic heterocycles. The first-order valence-electron chi connectivity index (χ1n) is 14.1. The summed E-state index contributed by atoms with van der Waals surface area (Å²) in [5, 5.41) is 0. The molecule has 52 heteroatoms. The lowest BCUT2D eigenvalue weighted by Crippen LogP contribution is -2.15. The van der Waals surface area contributed by atoms with Crippen molar-refractivity contribution in [3.8, 4) is 11.4 Å². The van der Waals surface area contributed by atoms with E-state index in [1.165, 1.54) is 17.8 Å². The molecule has 2 heterocycles. The standard InChI is InChI=1S/C15H16N4.S48/c1-15(2,3)14-16-8-10(9-17-14)13-18-11-6-4-5-7-12(11)19-13;1-3-5-7-9-11-13-15-17-19-21-23-25-27-29-31-33-35-37-39-41-43-45-47-48-46-44-42-40-38-36-34-32-30-28-26-24-22-20-18-16-14-12-10-8-6-4-2/h4-9H,1-3H3,(H,18,19);. The smallest absolute Gasteiger partial charge is 0.141 e. The highest BCUT2D eigenvalue weighted by molar-refractivity contribution is 8.82. The first-order valence-corrected chi connectivity index (χ1v) is 76.8. The number of aromatic amines is 1. The monoisotopic (exact) mass is 1790 g/mol. The van der Waals surface area contributed by atoms with Crippen LogP contribution in [0.25, 0.3) is 22.4 Å². The molecule has 0 fully saturated rings. The van der Waals surface area contributed by atoms with Crippen molar-refractivity contribution in [2.24, 2.45) is 0 Å². The van der Waals surface area contributed by atoms with Gasteiger partial charge in [-0.25, -0.2) is 15.0 Å². The van der Waals surface area contributed by atoms with Crippen LogP contribution in [0, 0.1) is 0 Å². The molecule has 384 valence electrons. The number of para-hydroxylation sites is 2. The Bertz CT molecular complexity index is 4200. The Kier molecular flexibility index (Phi) is 58.5. The van der Waals surface area contributed by atoms with Crippen molar-refractivity contribution in [2.75, 3.05) is 0 Å². The summed E-state index contributed by atoms with van der Waals surface area (Å²) < 4.78 is 0. The van der Waals surface area contributed by atoms with Crippen molar-refractivity contribution in [3.63, 3.8) is 0 Å². The zero-order chi connectivity index (χ0) is 48.0. The SMILES string of the molecule is CC(C)(C)c1ncc(-c2nc3ccccc3[nH]2)cn1.S=S=S=S=S=S=S=S=S=S=S=S=S=S=S=S=S=S=S=S=S=S=S=S=S=S=S=S=S=S=S=S=S=S=S=S=S=S=S=S=S=S=S=S=S=S=S=S. The summed E-state index contributed by atoms with van der Waals surface area (Å²) in [4.78, 5) is 16.7. The zero-order valence-corrected chi connectivity index (χ0v) is 70.1. The van der Waals surface area contributed by atoms with E-state index in [-0.39, 0.29) is 5.41 Å². The van der Waals surface area contributed by atoms with Gasteiger partial charge >= 0.3 is 0 Å². The van der Waals surface area contributed by atoms with Crippen molar-refractivity contribution in [1.82, 2.24) is 19.9 Å². The number of benzene rings is 1. The van der Waals surface area contributed by atoms with Crippen LogP contribution in [0.2, 0.25) is 0 Å². The third kappa shape index (κ3) is 45.6. The third-order valence-corrected chi connectivity index (χ3v) is 104. The van der Waals surface area contributed by atoms with E-state index >= 15 is 0 Å². The molecule has 0 saturated carbocycles. The minimum Gasteiger partial charge on any atom is -0.338 e. The van der Waals surface area contributed by atoms with Gasteiger partial charge < -0.3 is 4.98 Å². The highest BCUT2D eigenvalue weighted by Crippen LogP contribution is 2.22. The number of imidazole rings is 1. The quantitative estimate of drug-likeness (QED) is 0.407. The molecule has 0 spiro atoms. The van der Waals surface area contributed by atoms with Gasteiger partial charge in [-0.2, -0.15) is 0 Å². The van der Waals surface area contributed by atoms with Crippen LogP contribution in [0.1, 0.15) is 26.6 Å². The molecule has 67 heavy (non-hydrogen) atoms. The Labute approximate surface area is 528 Å². The predicted octanol–water partition coefficient (Wildman–Crippen LogP) is 3.20. The van der Waals surface area contributed by atoms with Gasteiger partial charge in [0.2, 0.25) is 0 Å². The normalized spacial score (nSPS) is 8.94. The van der Waals surface area contributed by atoms with Crippen LogP contribution in [0.4, 0.5) is 0 Å². The van der Waals surface area contributed by atoms with E-state index in [1.54, 1.807) is 107 Å². The number of hydrogen-bond acceptors (Lipinski definition) is 5. The van der Waals surface area contributed by atoms with E-state index < -0.39 is 0 Å². The zero-order valence-electron chi connectivity index (χ0n) is 30.9. The Morgan fingerprint density at radius 1 is 0.358 bits per heavy atom. The topological polar surface area (TPSA) is 54.5 Å². The van der Waals surface area contributed by atoms with Crippen LogP contribution in [-0.2, 0) is 436 Å². The van der Waals surface area contributed by atoms with Gasteiger partial charge in [0.25, 0.3) is 0 Å². The molecule has 0 aliphatic heterocycles. The number of fused-ring (bicyclic) bond motifs is 1. The maximum Gasteiger partial charge on any atom is 0.141 e. The molecule has 0 saturated heterocycles. The number of aromatic nitrogens is 4. The number of hydrogen-bond donors (Lipinski definition) is 1. The first kappa shape index (κ1) is 71.4. The van der Waals surface area contributed by atoms with E-state index in [9.17, 15) is 0 Å². The van der Waals surface area contributed by atoms with Crippen LogP contribution in [-0.4, -0.2) is 19.9 Å². The molecule has 0 bridgehead atoms. The van der Waals surface area contributed by atoms with Crippen LogP contribution in [0.5, 0.6) is 0 Å². The van der Waals surface area contributed by atoms with Gasteiger partial charge in [-0.1, -0.05) is 32.9 Å². The van der Waals surface area contributed by atoms with E-state index in [0.717, 1.165) is 28.2 Å². The molecule has 4 nitrogen and oxygen atoms in total. The van der Waals surface area contributed by atoms with Gasteiger partial charge in [-0.05, 0) is 12.1 Å². The molecule has 0 amide bonds. The summed E-state index contributed by atoms with van der Waals surface area (Å²) in [5.74, 6) is 1.65. The molecule has 0 aliphatic carbocycles. The van der Waals surface area contributed by atoms with Gasteiger partial charge in [0.1, 0.15) is 11.6 Å². The molecule has 3 rings (SSSR count). The van der Waals surface area contributed by atoms with E-state index in [2.05, 4.69) is 40.7 Å². The Balaban J connectivity index is 0.000000660. The summed E-state index contributed by atoms with van der Waals surface area (Å²) in [6.07, 6.45) is 3.65. The third-order valence-electron chi connectivity index (χ3n) is 4.24. The number of nitrogens with zero attached hydrogens (tertiary/aromatic N) is 3. The lowest BCUT2D eigenvalue weighted by atomic mass is 9.96. The van der Waals surface area contributed by atoms with Gasteiger partial charge in [0.15, 0.2) is 0 Å². The largest absolute Gasteiger partial charge is 0.338 e. The summed E-state index contributed by atoms with van der Waals surface area (Å²) in [5.41, 5.74) is 2.85. The molecule has 0 unspecified atom stereocenters. The van der Waals surface area contributed by atoms with Crippen molar-refractivity contribution < 1.29 is 0 Å². The predicted molar refractivity (Wildman–Crippen MR) is 429 cm³/mol. The molecule has 1 aromatic carbocycles. The second kappa shape index (κ2) is 54.9. The minimum atomic E-state index is -0.0353. The first-order chi connectivity index (χ1) is 33.0. The van der Waals surface area contributed by atoms with Gasteiger partial charge in [0.05, 0.1) is 16.6 Å². The van der Waals surface area contributed by atoms with Crippen molar-refractivity contribution in [2.45, 2.75) is 26.2 Å². The molecule has 3 aromatic rings. The number of nitrogens with one attached hydrogen (secondary N) is 1. The molecule has 0 aliphatic rings. The molecule has 0 radical (unpaired) electrons. The van der Waals surface area contributed by atoms with E-state index in [0.29, 0.717) is 0 Å². The van der Waals surface area contributed by atoms with Crippen molar-refractivity contribution in [3.05, 3.63) is 42.5 Å². The Hall–Kier alpha value is 8.33. The lowest BCUT2D eigenvalue weighted by Gasteiger charge is -2.15. The maximum absolute atomic E-state index is 4.81. The Morgan fingerprint density at radius 3 is 0.821 bits per heavy atom. The molecule has 1 N–H and O–H groups in total. The van der Waals surface area contributed by atoms with Crippen LogP contribution < -0.4 is 0 Å². The second-order valence-electron chi connectivity index (χ2n) is 8.78. The summed E-state index contributed by atoms with van der Waals surface area (Å²) >= 11 is 9.62. The fraction of sp³-hybridized carbons (Fsp3) is 0.267. The highest BCUT2D eigenvalue weighted by atomic mass is 33.5. The van der Waals surface area contributed by atoms with Gasteiger partial charge in [-0.3, -0.25) is 0 Å². The van der Waals surface area contributed by atoms with Gasteiger partial charge in [0, 0.05) is 449 Å². The van der Waals surface area contributed by atoms with Crippen LogP contribution in [0.3, 0.4) is 0 Å². The maximum atomic E-state index is 4.81. The average molecular weight is 1790 g/mol. The summed E-state index contributed by atoms with van der Waals surface area (Å²) in [6, 6.07) is 7.96. The molecule has 0 atom stereocenters. The van der Waals surface area contributed by atoms with Gasteiger partial charge in [-0.15, -0.1) is 0 Å². The van der Waals surface area contributed by atoms with Crippen LogP contribution in [0.15, 0.2) is 36.7 Å². The summed E-state index contributed by atoms with van der Waals surface area (Å²) in [7, 11) is 82.0. The molecular weight excluding hydrogens is 1780 g/mol. The molecular formula is C15H16N4S48. The average Bonchev–Trinajstić information content (AvgIpc) is 3.78. The van der Waals surface area contributed by atoms with E-state index in [1.807, 2.05) is 321 Å². The number of rotatable bonds is 1. The van der Waals surface area contributed by atoms with E-state index in [4.69, 9.17) is 22.4 Å². The highest BCUT2D eigenvalue weighted by Gasteiger charge is 2.17. The fourth-order valence-electron chi connectivity index (χ4n) is 2.43. The summed E-state index contributed by atoms with van der Waals surface area (Å²) in [6.45, 7) is 6.30. The van der Waals surface area contributed by atoms with Crippen molar-refractivity contribution in [1.29, 1.82) is 0 Å². The van der Waals surface area contributed by atoms with Crippen LogP contribution >= 0.6 is 0 Å². The fourth-order valence-corrected chi connectivity index (χ4v) is 123. The number of H-pyrrole nitrogens is 1. The Morgan fingerprint density at radius 2 is 0.597 bits per heavy atom. The van der Waals surface area contributed by atoms with Crippen molar-refractivity contribution >= 4 is 442 Å². The lowest BCUT2D eigenvalue weighted by molar-refractivity contribution is 0.545.